The topological polar surface area (TPSA) is 41.5 Å². The average molecular weight is 301 g/mol. The number of rotatable bonds is 5. The highest BCUT2D eigenvalue weighted by Crippen LogP contribution is 2.12. The van der Waals surface area contributed by atoms with Gasteiger partial charge in [0.15, 0.2) is 0 Å². The fourth-order valence-electron chi connectivity index (χ4n) is 1.92. The number of hydrogen-bond donors (Lipinski definition) is 1. The molecule has 0 saturated carbocycles. The summed E-state index contributed by atoms with van der Waals surface area (Å²) in [5, 5.41) is 4.95. The van der Waals surface area contributed by atoms with Crippen molar-refractivity contribution < 1.29 is 4.79 Å². The fourth-order valence-corrected chi connectivity index (χ4v) is 2.04. The Kier molecular flexibility index (Phi) is 5.52. The summed E-state index contributed by atoms with van der Waals surface area (Å²) in [6, 6.07) is 16.5. The predicted octanol–water partition coefficient (Wildman–Crippen LogP) is 4.27. The van der Waals surface area contributed by atoms with Crippen molar-refractivity contribution >= 4 is 23.2 Å². The van der Waals surface area contributed by atoms with Crippen LogP contribution in [0.3, 0.4) is 0 Å². The van der Waals surface area contributed by atoms with E-state index in [0.29, 0.717) is 10.6 Å². The molecule has 0 radical (unpaired) electrons. The number of nitrogens with one attached hydrogen (secondary N) is 1. The zero-order chi connectivity index (χ0) is 15.1. The summed E-state index contributed by atoms with van der Waals surface area (Å²) >= 11 is 5.89. The third-order valence-corrected chi connectivity index (χ3v) is 3.24. The van der Waals surface area contributed by atoms with E-state index in [4.69, 9.17) is 11.6 Å². The Bertz CT molecular complexity index is 621. The lowest BCUT2D eigenvalue weighted by atomic mass is 10.1. The molecule has 2 rings (SSSR count). The van der Waals surface area contributed by atoms with Gasteiger partial charge in [0.2, 0.25) is 0 Å². The average Bonchev–Trinajstić information content (AvgIpc) is 2.53. The highest BCUT2D eigenvalue weighted by atomic mass is 35.5. The summed E-state index contributed by atoms with van der Waals surface area (Å²) in [5.41, 5.74) is 5.02. The smallest absolute Gasteiger partial charge is 0.267 e. The van der Waals surface area contributed by atoms with Gasteiger partial charge in [0.05, 0.1) is 5.71 Å². The first-order valence-electron chi connectivity index (χ1n) is 6.88. The van der Waals surface area contributed by atoms with Crippen LogP contribution in [0.4, 0.5) is 0 Å². The molecule has 0 atom stereocenters. The third kappa shape index (κ3) is 4.43. The van der Waals surface area contributed by atoms with Gasteiger partial charge in [-0.2, -0.15) is 5.10 Å². The Balaban J connectivity index is 2.14. The van der Waals surface area contributed by atoms with E-state index in [1.54, 1.807) is 12.1 Å². The van der Waals surface area contributed by atoms with Crippen LogP contribution in [0.15, 0.2) is 59.7 Å². The number of halogens is 1. The molecule has 0 saturated heterocycles. The van der Waals surface area contributed by atoms with Crippen LogP contribution in [0.2, 0.25) is 5.02 Å². The van der Waals surface area contributed by atoms with Gasteiger partial charge in [0.1, 0.15) is 0 Å². The van der Waals surface area contributed by atoms with E-state index in [9.17, 15) is 4.79 Å². The van der Waals surface area contributed by atoms with E-state index in [1.807, 2.05) is 42.5 Å². The Labute approximate surface area is 129 Å². The lowest BCUT2D eigenvalue weighted by Gasteiger charge is -2.07. The van der Waals surface area contributed by atoms with Crippen molar-refractivity contribution in [3.63, 3.8) is 0 Å². The monoisotopic (exact) mass is 300 g/mol. The van der Waals surface area contributed by atoms with Crippen LogP contribution in [0.5, 0.6) is 0 Å². The molecule has 0 aliphatic carbocycles. The van der Waals surface area contributed by atoms with Crippen LogP contribution in [0, 0.1) is 0 Å². The van der Waals surface area contributed by atoms with E-state index < -0.39 is 0 Å². The maximum atomic E-state index is 12.0. The molecule has 1 amide bonds. The minimum Gasteiger partial charge on any atom is -0.267 e. The fraction of sp³-hybridized carbons (Fsp3) is 0.176. The third-order valence-electron chi connectivity index (χ3n) is 2.99. The molecule has 0 unspecified atom stereocenters. The molecule has 0 aliphatic rings. The standard InChI is InChI=1S/C17H17ClN2O/c1-2-6-16(13-9-11-15(18)12-10-13)19-20-17(21)14-7-4-3-5-8-14/h3-5,7-12H,2,6H2,1H3,(H,20,21)/b19-16+. The first kappa shape index (κ1) is 15.3. The highest BCUT2D eigenvalue weighted by Gasteiger charge is 2.06. The zero-order valence-corrected chi connectivity index (χ0v) is 12.6. The number of carbonyl (C=O) groups excluding carboxylic acids is 1. The van der Waals surface area contributed by atoms with Crippen molar-refractivity contribution in [3.05, 3.63) is 70.7 Å². The van der Waals surface area contributed by atoms with Gasteiger partial charge in [-0.05, 0) is 36.2 Å². The zero-order valence-electron chi connectivity index (χ0n) is 11.8. The summed E-state index contributed by atoms with van der Waals surface area (Å²) < 4.78 is 0. The molecule has 2 aromatic carbocycles. The maximum absolute atomic E-state index is 12.0. The second-order valence-electron chi connectivity index (χ2n) is 4.62. The number of nitrogens with zero attached hydrogens (tertiary/aromatic N) is 1. The van der Waals surface area contributed by atoms with Crippen molar-refractivity contribution in [2.24, 2.45) is 5.10 Å². The Morgan fingerprint density at radius 3 is 2.33 bits per heavy atom. The molecule has 3 nitrogen and oxygen atoms in total. The normalized spacial score (nSPS) is 11.2. The second-order valence-corrected chi connectivity index (χ2v) is 5.06. The van der Waals surface area contributed by atoms with Crippen LogP contribution in [0.1, 0.15) is 35.7 Å². The van der Waals surface area contributed by atoms with Crippen molar-refractivity contribution in [2.45, 2.75) is 19.8 Å². The molecule has 0 fully saturated rings. The van der Waals surface area contributed by atoms with Crippen LogP contribution in [-0.2, 0) is 0 Å². The van der Waals surface area contributed by atoms with Crippen molar-refractivity contribution in [1.82, 2.24) is 5.43 Å². The maximum Gasteiger partial charge on any atom is 0.271 e. The number of amides is 1. The molecule has 4 heteroatoms. The minimum atomic E-state index is -0.210. The van der Waals surface area contributed by atoms with Crippen LogP contribution in [0.25, 0.3) is 0 Å². The molecule has 0 aromatic heterocycles. The SMILES string of the molecule is CCC/C(=N\NC(=O)c1ccccc1)c1ccc(Cl)cc1. The van der Waals surface area contributed by atoms with Gasteiger partial charge in [0, 0.05) is 10.6 Å². The lowest BCUT2D eigenvalue weighted by Crippen LogP contribution is -2.20. The van der Waals surface area contributed by atoms with E-state index in [-0.39, 0.29) is 5.91 Å². The molecule has 2 aromatic rings. The van der Waals surface area contributed by atoms with Gasteiger partial charge in [0.25, 0.3) is 5.91 Å². The molecule has 108 valence electrons. The Morgan fingerprint density at radius 1 is 1.05 bits per heavy atom. The summed E-state index contributed by atoms with van der Waals surface area (Å²) in [5.74, 6) is -0.210. The molecule has 0 aliphatic heterocycles. The number of hydrogen-bond acceptors (Lipinski definition) is 2. The molecular weight excluding hydrogens is 284 g/mol. The summed E-state index contributed by atoms with van der Waals surface area (Å²) in [6.45, 7) is 2.07. The molecular formula is C17H17ClN2O. The lowest BCUT2D eigenvalue weighted by molar-refractivity contribution is 0.0955. The van der Waals surface area contributed by atoms with Gasteiger partial charge in [-0.25, -0.2) is 5.43 Å². The minimum absolute atomic E-state index is 0.210. The van der Waals surface area contributed by atoms with Crippen LogP contribution >= 0.6 is 11.6 Å². The van der Waals surface area contributed by atoms with Gasteiger partial charge in [-0.15, -0.1) is 0 Å². The van der Waals surface area contributed by atoms with Gasteiger partial charge in [-0.1, -0.05) is 55.3 Å². The highest BCUT2D eigenvalue weighted by molar-refractivity contribution is 6.30. The first-order valence-corrected chi connectivity index (χ1v) is 7.26. The van der Waals surface area contributed by atoms with Gasteiger partial charge < -0.3 is 0 Å². The van der Waals surface area contributed by atoms with E-state index in [1.165, 1.54) is 0 Å². The van der Waals surface area contributed by atoms with E-state index in [2.05, 4.69) is 17.5 Å². The van der Waals surface area contributed by atoms with E-state index >= 15 is 0 Å². The summed E-state index contributed by atoms with van der Waals surface area (Å²) in [4.78, 5) is 12.0. The summed E-state index contributed by atoms with van der Waals surface area (Å²) in [7, 11) is 0. The molecule has 1 N–H and O–H groups in total. The molecule has 21 heavy (non-hydrogen) atoms. The quantitative estimate of drug-likeness (QED) is 0.650. The molecule has 0 heterocycles. The Morgan fingerprint density at radius 2 is 1.71 bits per heavy atom. The predicted molar refractivity (Wildman–Crippen MR) is 86.8 cm³/mol. The van der Waals surface area contributed by atoms with Crippen LogP contribution < -0.4 is 5.43 Å². The van der Waals surface area contributed by atoms with Crippen LogP contribution in [-0.4, -0.2) is 11.6 Å². The van der Waals surface area contributed by atoms with Crippen molar-refractivity contribution in [3.8, 4) is 0 Å². The molecule has 0 spiro atoms. The van der Waals surface area contributed by atoms with Crippen molar-refractivity contribution in [1.29, 1.82) is 0 Å². The van der Waals surface area contributed by atoms with Crippen molar-refractivity contribution in [2.75, 3.05) is 0 Å². The number of carbonyl (C=O) groups is 1. The van der Waals surface area contributed by atoms with Gasteiger partial charge >= 0.3 is 0 Å². The largest absolute Gasteiger partial charge is 0.271 e. The molecule has 0 bridgehead atoms. The number of hydrazone groups is 1. The van der Waals surface area contributed by atoms with E-state index in [0.717, 1.165) is 24.1 Å². The van der Waals surface area contributed by atoms with Gasteiger partial charge in [-0.3, -0.25) is 4.79 Å². The second kappa shape index (κ2) is 7.60. The first-order chi connectivity index (χ1) is 10.2. The number of benzene rings is 2. The summed E-state index contributed by atoms with van der Waals surface area (Å²) in [6.07, 6.45) is 1.74. The Hall–Kier alpha value is -2.13.